The zero-order valence-corrected chi connectivity index (χ0v) is 15.3. The number of H-pyrrole nitrogens is 2. The van der Waals surface area contributed by atoms with E-state index < -0.39 is 0 Å². The molecule has 0 fully saturated rings. The van der Waals surface area contributed by atoms with Crippen molar-refractivity contribution in [2.45, 2.75) is 0 Å². The predicted molar refractivity (Wildman–Crippen MR) is 110 cm³/mol. The highest BCUT2D eigenvalue weighted by Crippen LogP contribution is 2.28. The van der Waals surface area contributed by atoms with Gasteiger partial charge in [-0.2, -0.15) is 0 Å². The van der Waals surface area contributed by atoms with Crippen molar-refractivity contribution < 1.29 is 4.74 Å². The molecule has 3 aromatic heterocycles. The average molecular weight is 373 g/mol. The highest BCUT2D eigenvalue weighted by Gasteiger charge is 2.11. The largest absolute Gasteiger partial charge is 0.497 e. The zero-order valence-electron chi connectivity index (χ0n) is 14.4. The molecule has 5 aromatic rings. The number of ether oxygens (including phenoxy) is 1. The van der Waals surface area contributed by atoms with Gasteiger partial charge in [0.05, 0.1) is 23.8 Å². The standard InChI is InChI=1S/C21H15N3O2S/c1-26-15-5-2-12(3-6-15)13-4-7-16-14(8-13)9-17(22-16)20-21(25)24-19-11-27-10-18(19)23-20/h2-11,22H,1H3,(H,24,25). The first-order valence-electron chi connectivity index (χ1n) is 8.45. The first-order chi connectivity index (χ1) is 13.2. The van der Waals surface area contributed by atoms with E-state index in [-0.39, 0.29) is 5.56 Å². The fourth-order valence-corrected chi connectivity index (χ4v) is 3.92. The number of nitrogens with one attached hydrogen (secondary N) is 2. The van der Waals surface area contributed by atoms with Crippen molar-refractivity contribution in [1.82, 2.24) is 15.0 Å². The lowest BCUT2D eigenvalue weighted by Gasteiger charge is -2.04. The van der Waals surface area contributed by atoms with Gasteiger partial charge in [0.15, 0.2) is 5.69 Å². The molecule has 0 unspecified atom stereocenters. The van der Waals surface area contributed by atoms with E-state index in [2.05, 4.69) is 27.1 Å². The number of hydrogen-bond donors (Lipinski definition) is 2. The molecule has 2 N–H and O–H groups in total. The number of rotatable bonds is 3. The van der Waals surface area contributed by atoms with E-state index in [0.29, 0.717) is 11.4 Å². The smallest absolute Gasteiger partial charge is 0.276 e. The number of aromatic amines is 2. The van der Waals surface area contributed by atoms with Gasteiger partial charge in [-0.1, -0.05) is 18.2 Å². The molecule has 0 aliphatic heterocycles. The molecule has 27 heavy (non-hydrogen) atoms. The van der Waals surface area contributed by atoms with E-state index in [0.717, 1.165) is 38.8 Å². The van der Waals surface area contributed by atoms with E-state index in [4.69, 9.17) is 4.74 Å². The summed E-state index contributed by atoms with van der Waals surface area (Å²) >= 11 is 1.52. The first kappa shape index (κ1) is 15.8. The topological polar surface area (TPSA) is 70.8 Å². The van der Waals surface area contributed by atoms with Gasteiger partial charge in [0.25, 0.3) is 5.56 Å². The van der Waals surface area contributed by atoms with E-state index >= 15 is 0 Å². The number of methoxy groups -OCH3 is 1. The molecule has 0 atom stereocenters. The molecule has 0 spiro atoms. The summed E-state index contributed by atoms with van der Waals surface area (Å²) in [6.07, 6.45) is 0. The second-order valence-corrected chi connectivity index (χ2v) is 7.04. The molecular weight excluding hydrogens is 358 g/mol. The molecule has 2 aromatic carbocycles. The first-order valence-corrected chi connectivity index (χ1v) is 9.39. The van der Waals surface area contributed by atoms with Crippen LogP contribution < -0.4 is 10.3 Å². The second kappa shape index (κ2) is 6.10. The molecule has 3 heterocycles. The number of thiophene rings is 1. The monoisotopic (exact) mass is 373 g/mol. The molecule has 0 aliphatic rings. The van der Waals surface area contributed by atoms with Crippen LogP contribution in [0.4, 0.5) is 0 Å². The third-order valence-electron chi connectivity index (χ3n) is 4.64. The Labute approximate surface area is 158 Å². The zero-order chi connectivity index (χ0) is 18.4. The Kier molecular flexibility index (Phi) is 3.58. The van der Waals surface area contributed by atoms with Crippen LogP contribution in [0.3, 0.4) is 0 Å². The fraction of sp³-hybridized carbons (Fsp3) is 0.0476. The Balaban J connectivity index is 1.60. The van der Waals surface area contributed by atoms with Crippen LogP contribution in [0.5, 0.6) is 5.75 Å². The van der Waals surface area contributed by atoms with Crippen LogP contribution in [-0.4, -0.2) is 22.1 Å². The van der Waals surface area contributed by atoms with Crippen LogP contribution in [-0.2, 0) is 0 Å². The van der Waals surface area contributed by atoms with Gasteiger partial charge in [-0.15, -0.1) is 11.3 Å². The molecule has 0 radical (unpaired) electrons. The molecule has 5 rings (SSSR count). The summed E-state index contributed by atoms with van der Waals surface area (Å²) in [4.78, 5) is 23.1. The number of benzene rings is 2. The van der Waals surface area contributed by atoms with Gasteiger partial charge < -0.3 is 14.7 Å². The highest BCUT2D eigenvalue weighted by atomic mass is 32.1. The molecular formula is C21H15N3O2S. The van der Waals surface area contributed by atoms with Crippen LogP contribution in [0.25, 0.3) is 44.5 Å². The minimum absolute atomic E-state index is 0.192. The molecule has 0 aliphatic carbocycles. The van der Waals surface area contributed by atoms with Gasteiger partial charge in [-0.05, 0) is 41.5 Å². The minimum atomic E-state index is -0.192. The lowest BCUT2D eigenvalue weighted by Crippen LogP contribution is -2.10. The van der Waals surface area contributed by atoms with Crippen LogP contribution in [0, 0.1) is 0 Å². The third-order valence-corrected chi connectivity index (χ3v) is 5.37. The molecule has 0 bridgehead atoms. The summed E-state index contributed by atoms with van der Waals surface area (Å²) in [7, 11) is 1.66. The van der Waals surface area contributed by atoms with E-state index in [1.807, 2.05) is 47.2 Å². The lowest BCUT2D eigenvalue weighted by molar-refractivity contribution is 0.415. The van der Waals surface area contributed by atoms with Crippen molar-refractivity contribution in [2.75, 3.05) is 7.11 Å². The van der Waals surface area contributed by atoms with Crippen molar-refractivity contribution in [3.05, 3.63) is 69.6 Å². The maximum Gasteiger partial charge on any atom is 0.276 e. The Morgan fingerprint density at radius 3 is 2.56 bits per heavy atom. The number of nitrogens with zero attached hydrogens (tertiary/aromatic N) is 1. The molecule has 0 saturated heterocycles. The van der Waals surface area contributed by atoms with E-state index in [1.54, 1.807) is 7.11 Å². The van der Waals surface area contributed by atoms with Crippen molar-refractivity contribution in [3.8, 4) is 28.3 Å². The average Bonchev–Trinajstić information content (AvgIpc) is 3.32. The van der Waals surface area contributed by atoms with Gasteiger partial charge >= 0.3 is 0 Å². The van der Waals surface area contributed by atoms with Crippen molar-refractivity contribution in [2.24, 2.45) is 0 Å². The van der Waals surface area contributed by atoms with E-state index in [9.17, 15) is 4.79 Å². The summed E-state index contributed by atoms with van der Waals surface area (Å²) in [5.41, 5.74) is 5.67. The molecule has 132 valence electrons. The van der Waals surface area contributed by atoms with Crippen LogP contribution in [0.2, 0.25) is 0 Å². The molecule has 6 heteroatoms. The van der Waals surface area contributed by atoms with Crippen molar-refractivity contribution >= 4 is 33.3 Å². The second-order valence-electron chi connectivity index (χ2n) is 6.30. The summed E-state index contributed by atoms with van der Waals surface area (Å²) in [6.45, 7) is 0. The summed E-state index contributed by atoms with van der Waals surface area (Å²) in [5, 5.41) is 4.85. The fourth-order valence-electron chi connectivity index (χ4n) is 3.23. The highest BCUT2D eigenvalue weighted by molar-refractivity contribution is 7.09. The Bertz CT molecular complexity index is 1330. The maximum atomic E-state index is 12.4. The van der Waals surface area contributed by atoms with Gasteiger partial charge in [0, 0.05) is 21.7 Å². The van der Waals surface area contributed by atoms with Gasteiger partial charge in [0.2, 0.25) is 0 Å². The van der Waals surface area contributed by atoms with Crippen LogP contribution >= 0.6 is 11.3 Å². The number of fused-ring (bicyclic) bond motifs is 2. The van der Waals surface area contributed by atoms with Crippen LogP contribution in [0.1, 0.15) is 0 Å². The summed E-state index contributed by atoms with van der Waals surface area (Å²) in [6, 6.07) is 16.1. The van der Waals surface area contributed by atoms with E-state index in [1.165, 1.54) is 11.3 Å². The quantitative estimate of drug-likeness (QED) is 0.477. The normalized spacial score (nSPS) is 11.3. The molecule has 0 amide bonds. The summed E-state index contributed by atoms with van der Waals surface area (Å²) in [5.74, 6) is 0.831. The van der Waals surface area contributed by atoms with Crippen molar-refractivity contribution in [3.63, 3.8) is 0 Å². The van der Waals surface area contributed by atoms with Crippen LogP contribution in [0.15, 0.2) is 64.1 Å². The predicted octanol–water partition coefficient (Wildman–Crippen LogP) is 4.81. The number of aromatic nitrogens is 3. The van der Waals surface area contributed by atoms with Gasteiger partial charge in [0.1, 0.15) is 5.75 Å². The third kappa shape index (κ3) is 2.71. The summed E-state index contributed by atoms with van der Waals surface area (Å²) < 4.78 is 5.22. The molecule has 0 saturated carbocycles. The minimum Gasteiger partial charge on any atom is -0.497 e. The Morgan fingerprint density at radius 2 is 1.74 bits per heavy atom. The Hall–Kier alpha value is -3.38. The van der Waals surface area contributed by atoms with Gasteiger partial charge in [-0.3, -0.25) is 4.79 Å². The lowest BCUT2D eigenvalue weighted by atomic mass is 10.0. The SMILES string of the molecule is COc1ccc(-c2ccc3[nH]c(-c4nc5cscc5[nH]c4=O)cc3c2)cc1. The maximum absolute atomic E-state index is 12.4. The number of hydrogen-bond acceptors (Lipinski definition) is 4. The molecule has 5 nitrogen and oxygen atoms in total. The Morgan fingerprint density at radius 1 is 0.926 bits per heavy atom. The van der Waals surface area contributed by atoms with Gasteiger partial charge in [-0.25, -0.2) is 4.98 Å². The van der Waals surface area contributed by atoms with Crippen molar-refractivity contribution in [1.29, 1.82) is 0 Å².